The number of nitrogens with zero attached hydrogens (tertiary/aromatic N) is 4. The van der Waals surface area contributed by atoms with Gasteiger partial charge in [-0.25, -0.2) is 9.97 Å². The van der Waals surface area contributed by atoms with Crippen molar-refractivity contribution in [1.82, 2.24) is 19.8 Å². The first-order valence-electron chi connectivity index (χ1n) is 11.6. The number of aromatic nitrogens is 2. The van der Waals surface area contributed by atoms with Crippen molar-refractivity contribution in [2.45, 2.75) is 51.7 Å². The molecule has 1 aromatic carbocycles. The smallest absolute Gasteiger partial charge is 0.257 e. The SMILES string of the molecule is COCc1ccc(OC)c(CN2CCCC(c3ncc(C(=O)N4CCCC4)c(C)n3)C2)c1. The van der Waals surface area contributed by atoms with Gasteiger partial charge in [0.25, 0.3) is 5.91 Å². The molecule has 3 heterocycles. The van der Waals surface area contributed by atoms with Crippen LogP contribution in [0.3, 0.4) is 0 Å². The summed E-state index contributed by atoms with van der Waals surface area (Å²) in [7, 11) is 3.43. The normalized spacial score (nSPS) is 19.3. The van der Waals surface area contributed by atoms with Gasteiger partial charge in [-0.3, -0.25) is 9.69 Å². The Bertz CT molecular complexity index is 943. The number of amides is 1. The Morgan fingerprint density at radius 3 is 2.69 bits per heavy atom. The van der Waals surface area contributed by atoms with E-state index in [4.69, 9.17) is 14.5 Å². The van der Waals surface area contributed by atoms with E-state index >= 15 is 0 Å². The lowest BCUT2D eigenvalue weighted by Gasteiger charge is -2.32. The molecular weight excluding hydrogens is 404 g/mol. The van der Waals surface area contributed by atoms with Crippen LogP contribution in [0.2, 0.25) is 0 Å². The van der Waals surface area contributed by atoms with E-state index in [0.717, 1.165) is 81.2 Å². The number of carbonyl (C=O) groups is 1. The molecule has 2 aromatic rings. The molecule has 172 valence electrons. The molecule has 7 heteroatoms. The van der Waals surface area contributed by atoms with Gasteiger partial charge in [0.15, 0.2) is 0 Å². The van der Waals surface area contributed by atoms with Crippen LogP contribution in [0.25, 0.3) is 0 Å². The molecule has 1 unspecified atom stereocenters. The fourth-order valence-electron chi connectivity index (χ4n) is 4.84. The van der Waals surface area contributed by atoms with E-state index in [1.54, 1.807) is 20.4 Å². The molecule has 2 saturated heterocycles. The van der Waals surface area contributed by atoms with E-state index in [0.29, 0.717) is 12.2 Å². The number of likely N-dealkylation sites (tertiary alicyclic amines) is 2. The maximum atomic E-state index is 12.8. The first-order valence-corrected chi connectivity index (χ1v) is 11.6. The summed E-state index contributed by atoms with van der Waals surface area (Å²) in [6, 6.07) is 6.24. The van der Waals surface area contributed by atoms with Crippen molar-refractivity contribution in [3.8, 4) is 5.75 Å². The van der Waals surface area contributed by atoms with Crippen LogP contribution in [0, 0.1) is 6.92 Å². The average molecular weight is 439 g/mol. The highest BCUT2D eigenvalue weighted by Crippen LogP contribution is 2.29. The maximum Gasteiger partial charge on any atom is 0.257 e. The first kappa shape index (κ1) is 22.7. The Hall–Kier alpha value is -2.51. The van der Waals surface area contributed by atoms with Crippen LogP contribution in [-0.2, 0) is 17.9 Å². The number of piperidine rings is 1. The summed E-state index contributed by atoms with van der Waals surface area (Å²) in [5, 5.41) is 0. The molecule has 0 aliphatic carbocycles. The van der Waals surface area contributed by atoms with Crippen molar-refractivity contribution in [3.63, 3.8) is 0 Å². The molecule has 7 nitrogen and oxygen atoms in total. The first-order chi connectivity index (χ1) is 15.6. The number of ether oxygens (including phenoxy) is 2. The van der Waals surface area contributed by atoms with E-state index in [2.05, 4.69) is 16.0 Å². The molecular formula is C25H34N4O3. The summed E-state index contributed by atoms with van der Waals surface area (Å²) in [6.07, 6.45) is 6.08. The van der Waals surface area contributed by atoms with Gasteiger partial charge in [0.2, 0.25) is 0 Å². The molecule has 2 fully saturated rings. The standard InChI is InChI=1S/C25H34N4O3/c1-18-22(25(30)29-11-4-5-12-29)14-26-24(27-18)20-7-6-10-28(15-20)16-21-13-19(17-31-2)8-9-23(21)32-3/h8-9,13-14,20H,4-7,10-12,15-17H2,1-3H3. The van der Waals surface area contributed by atoms with Gasteiger partial charge in [-0.15, -0.1) is 0 Å². The van der Waals surface area contributed by atoms with Crippen LogP contribution in [0.4, 0.5) is 0 Å². The third-order valence-electron chi connectivity index (χ3n) is 6.54. The van der Waals surface area contributed by atoms with Crippen molar-refractivity contribution in [2.75, 3.05) is 40.4 Å². The zero-order valence-corrected chi connectivity index (χ0v) is 19.5. The lowest BCUT2D eigenvalue weighted by molar-refractivity contribution is 0.0791. The quantitative estimate of drug-likeness (QED) is 0.659. The second-order valence-electron chi connectivity index (χ2n) is 8.88. The Morgan fingerprint density at radius 1 is 1.16 bits per heavy atom. The third kappa shape index (κ3) is 5.10. The molecule has 0 N–H and O–H groups in total. The van der Waals surface area contributed by atoms with Crippen molar-refractivity contribution in [3.05, 3.63) is 52.6 Å². The van der Waals surface area contributed by atoms with Gasteiger partial charge in [-0.1, -0.05) is 6.07 Å². The number of aryl methyl sites for hydroxylation is 1. The predicted molar refractivity (Wildman–Crippen MR) is 123 cm³/mol. The van der Waals surface area contributed by atoms with Crippen molar-refractivity contribution < 1.29 is 14.3 Å². The van der Waals surface area contributed by atoms with Crippen molar-refractivity contribution in [2.24, 2.45) is 0 Å². The average Bonchev–Trinajstić information content (AvgIpc) is 3.34. The van der Waals surface area contributed by atoms with Crippen LogP contribution in [0.5, 0.6) is 5.75 Å². The number of hydrogen-bond acceptors (Lipinski definition) is 6. The molecule has 2 aliphatic rings. The Balaban J connectivity index is 1.45. The van der Waals surface area contributed by atoms with Gasteiger partial charge >= 0.3 is 0 Å². The second kappa shape index (κ2) is 10.4. The van der Waals surface area contributed by atoms with Crippen LogP contribution in [-0.4, -0.2) is 66.1 Å². The number of rotatable bonds is 7. The fourth-order valence-corrected chi connectivity index (χ4v) is 4.84. The molecule has 1 amide bonds. The molecule has 32 heavy (non-hydrogen) atoms. The zero-order chi connectivity index (χ0) is 22.5. The molecule has 0 spiro atoms. The maximum absolute atomic E-state index is 12.8. The van der Waals surface area contributed by atoms with Crippen LogP contribution in [0.15, 0.2) is 24.4 Å². The zero-order valence-electron chi connectivity index (χ0n) is 19.5. The third-order valence-corrected chi connectivity index (χ3v) is 6.54. The highest BCUT2D eigenvalue weighted by molar-refractivity contribution is 5.95. The summed E-state index contributed by atoms with van der Waals surface area (Å²) < 4.78 is 10.9. The molecule has 2 aliphatic heterocycles. The Kier molecular flexibility index (Phi) is 7.37. The minimum absolute atomic E-state index is 0.0693. The van der Waals surface area contributed by atoms with Gasteiger partial charge in [0, 0.05) is 51.0 Å². The minimum atomic E-state index is 0.0693. The topological polar surface area (TPSA) is 67.8 Å². The molecule has 0 radical (unpaired) electrons. The molecule has 0 bridgehead atoms. The monoisotopic (exact) mass is 438 g/mol. The number of benzene rings is 1. The predicted octanol–water partition coefficient (Wildman–Crippen LogP) is 3.56. The lowest BCUT2D eigenvalue weighted by Crippen LogP contribution is -2.35. The summed E-state index contributed by atoms with van der Waals surface area (Å²) in [6.45, 7) is 6.96. The van der Waals surface area contributed by atoms with Gasteiger partial charge in [-0.2, -0.15) is 0 Å². The number of carbonyl (C=O) groups excluding carboxylic acids is 1. The Morgan fingerprint density at radius 2 is 1.97 bits per heavy atom. The molecule has 1 atom stereocenters. The van der Waals surface area contributed by atoms with Gasteiger partial charge in [0.1, 0.15) is 11.6 Å². The number of hydrogen-bond donors (Lipinski definition) is 0. The van der Waals surface area contributed by atoms with E-state index in [-0.39, 0.29) is 11.8 Å². The van der Waals surface area contributed by atoms with Crippen LogP contribution in [0.1, 0.15) is 64.6 Å². The lowest BCUT2D eigenvalue weighted by atomic mass is 9.96. The van der Waals surface area contributed by atoms with E-state index in [1.807, 2.05) is 24.0 Å². The van der Waals surface area contributed by atoms with E-state index in [9.17, 15) is 4.79 Å². The van der Waals surface area contributed by atoms with Crippen molar-refractivity contribution >= 4 is 5.91 Å². The second-order valence-corrected chi connectivity index (χ2v) is 8.88. The van der Waals surface area contributed by atoms with Gasteiger partial charge in [-0.05, 0) is 56.8 Å². The van der Waals surface area contributed by atoms with Crippen LogP contribution < -0.4 is 4.74 Å². The van der Waals surface area contributed by atoms with Gasteiger partial charge in [0.05, 0.1) is 25.0 Å². The van der Waals surface area contributed by atoms with Crippen LogP contribution >= 0.6 is 0 Å². The Labute approximate surface area is 190 Å². The summed E-state index contributed by atoms with van der Waals surface area (Å²) >= 11 is 0. The van der Waals surface area contributed by atoms with Gasteiger partial charge < -0.3 is 14.4 Å². The van der Waals surface area contributed by atoms with E-state index < -0.39 is 0 Å². The molecule has 0 saturated carbocycles. The highest BCUT2D eigenvalue weighted by atomic mass is 16.5. The fraction of sp³-hybridized carbons (Fsp3) is 0.560. The largest absolute Gasteiger partial charge is 0.496 e. The number of methoxy groups -OCH3 is 2. The summed E-state index contributed by atoms with van der Waals surface area (Å²) in [4.78, 5) is 26.5. The van der Waals surface area contributed by atoms with E-state index in [1.165, 1.54) is 5.56 Å². The summed E-state index contributed by atoms with van der Waals surface area (Å²) in [5.41, 5.74) is 3.75. The van der Waals surface area contributed by atoms with Crippen molar-refractivity contribution in [1.29, 1.82) is 0 Å². The molecule has 1 aromatic heterocycles. The minimum Gasteiger partial charge on any atom is -0.496 e. The highest BCUT2D eigenvalue weighted by Gasteiger charge is 2.27. The molecule has 4 rings (SSSR count). The summed E-state index contributed by atoms with van der Waals surface area (Å²) in [5.74, 6) is 2.10.